The van der Waals surface area contributed by atoms with E-state index < -0.39 is 0 Å². The number of anilines is 1. The van der Waals surface area contributed by atoms with E-state index in [9.17, 15) is 0 Å². The fraction of sp³-hybridized carbons (Fsp3) is 0.125. The zero-order valence-electron chi connectivity index (χ0n) is 7.58. The smallest absolute Gasteiger partial charge is 0.242 e. The number of ether oxygens (including phenoxy) is 1. The molecule has 6 heteroatoms. The molecule has 0 aliphatic carbocycles. The predicted molar refractivity (Wildman–Crippen MR) is 50.1 cm³/mol. The third-order valence-corrected chi connectivity index (χ3v) is 1.77. The van der Waals surface area contributed by atoms with Crippen LogP contribution in [0.4, 0.5) is 5.69 Å². The number of aromatic nitrogens is 4. The first kappa shape index (κ1) is 8.49. The Morgan fingerprint density at radius 1 is 1.43 bits per heavy atom. The third kappa shape index (κ3) is 1.26. The number of nitrogens with two attached hydrogens (primary N) is 1. The normalized spacial score (nSPS) is 10.1. The van der Waals surface area contributed by atoms with Crippen LogP contribution in [0.5, 0.6) is 5.88 Å². The highest BCUT2D eigenvalue weighted by atomic mass is 16.5. The van der Waals surface area contributed by atoms with Crippen LogP contribution >= 0.6 is 0 Å². The van der Waals surface area contributed by atoms with Gasteiger partial charge in [0.2, 0.25) is 5.88 Å². The predicted octanol–water partition coefficient (Wildman–Crippen LogP) is 0.253. The molecular weight excluding hydrogens is 182 g/mol. The second-order valence-corrected chi connectivity index (χ2v) is 2.59. The first-order chi connectivity index (χ1) is 6.83. The molecule has 0 saturated carbocycles. The maximum absolute atomic E-state index is 5.79. The van der Waals surface area contributed by atoms with E-state index in [1.165, 1.54) is 13.4 Å². The van der Waals surface area contributed by atoms with Crippen LogP contribution in [0.25, 0.3) is 5.82 Å². The van der Waals surface area contributed by atoms with Gasteiger partial charge >= 0.3 is 0 Å². The van der Waals surface area contributed by atoms with E-state index in [2.05, 4.69) is 15.0 Å². The molecule has 0 amide bonds. The van der Waals surface area contributed by atoms with Crippen molar-refractivity contribution in [3.8, 4) is 11.7 Å². The highest BCUT2D eigenvalue weighted by Crippen LogP contribution is 2.22. The SMILES string of the molecule is COc1ncnc(-n2ccnc2)c1N. The fourth-order valence-corrected chi connectivity index (χ4v) is 1.12. The molecule has 2 rings (SSSR count). The Hall–Kier alpha value is -2.11. The molecule has 6 nitrogen and oxygen atoms in total. The summed E-state index contributed by atoms with van der Waals surface area (Å²) in [7, 11) is 1.51. The summed E-state index contributed by atoms with van der Waals surface area (Å²) in [5.41, 5.74) is 6.18. The van der Waals surface area contributed by atoms with Crippen molar-refractivity contribution in [3.05, 3.63) is 25.0 Å². The molecule has 0 aromatic carbocycles. The van der Waals surface area contributed by atoms with Crippen LogP contribution in [-0.4, -0.2) is 26.6 Å². The molecule has 2 aromatic rings. The van der Waals surface area contributed by atoms with Crippen molar-refractivity contribution in [1.29, 1.82) is 0 Å². The molecule has 2 heterocycles. The van der Waals surface area contributed by atoms with Crippen LogP contribution in [0.15, 0.2) is 25.0 Å². The molecule has 0 unspecified atom stereocenters. The van der Waals surface area contributed by atoms with Crippen molar-refractivity contribution < 1.29 is 4.74 Å². The van der Waals surface area contributed by atoms with Gasteiger partial charge in [-0.15, -0.1) is 0 Å². The number of imidazole rings is 1. The third-order valence-electron chi connectivity index (χ3n) is 1.77. The Bertz CT molecular complexity index is 425. The summed E-state index contributed by atoms with van der Waals surface area (Å²) < 4.78 is 6.67. The van der Waals surface area contributed by atoms with E-state index in [-0.39, 0.29) is 0 Å². The summed E-state index contributed by atoms with van der Waals surface area (Å²) in [5.74, 6) is 0.929. The van der Waals surface area contributed by atoms with E-state index in [1.807, 2.05) is 0 Å². The molecule has 72 valence electrons. The van der Waals surface area contributed by atoms with Gasteiger partial charge in [-0.25, -0.2) is 9.97 Å². The van der Waals surface area contributed by atoms with Gasteiger partial charge in [0.15, 0.2) is 5.82 Å². The molecule has 2 N–H and O–H groups in total. The monoisotopic (exact) mass is 191 g/mol. The van der Waals surface area contributed by atoms with E-state index in [0.29, 0.717) is 17.4 Å². The lowest BCUT2D eigenvalue weighted by Crippen LogP contribution is -2.04. The van der Waals surface area contributed by atoms with Crippen molar-refractivity contribution in [2.24, 2.45) is 0 Å². The van der Waals surface area contributed by atoms with Crippen LogP contribution in [0.3, 0.4) is 0 Å². The van der Waals surface area contributed by atoms with E-state index in [0.717, 1.165) is 0 Å². The van der Waals surface area contributed by atoms with Crippen LogP contribution < -0.4 is 10.5 Å². The van der Waals surface area contributed by atoms with E-state index in [1.54, 1.807) is 23.3 Å². The number of methoxy groups -OCH3 is 1. The maximum atomic E-state index is 5.79. The summed E-state index contributed by atoms with van der Waals surface area (Å²) in [5, 5.41) is 0. The molecule has 0 bridgehead atoms. The molecule has 2 aromatic heterocycles. The lowest BCUT2D eigenvalue weighted by atomic mass is 10.4. The van der Waals surface area contributed by atoms with Gasteiger partial charge in [0.05, 0.1) is 7.11 Å². The maximum Gasteiger partial charge on any atom is 0.242 e. The number of nitrogen functional groups attached to an aromatic ring is 1. The van der Waals surface area contributed by atoms with Crippen molar-refractivity contribution in [2.75, 3.05) is 12.8 Å². The minimum atomic E-state index is 0.365. The first-order valence-corrected chi connectivity index (χ1v) is 3.95. The quantitative estimate of drug-likeness (QED) is 0.736. The highest BCUT2D eigenvalue weighted by Gasteiger charge is 2.08. The van der Waals surface area contributed by atoms with E-state index >= 15 is 0 Å². The summed E-state index contributed by atoms with van der Waals surface area (Å²) in [6.45, 7) is 0. The molecule has 0 aliphatic rings. The fourth-order valence-electron chi connectivity index (χ4n) is 1.12. The summed E-state index contributed by atoms with van der Waals surface area (Å²) >= 11 is 0. The zero-order valence-corrected chi connectivity index (χ0v) is 7.58. The van der Waals surface area contributed by atoms with Gasteiger partial charge in [-0.3, -0.25) is 4.57 Å². The van der Waals surface area contributed by atoms with E-state index in [4.69, 9.17) is 10.5 Å². The number of hydrogen-bond donors (Lipinski definition) is 1. The minimum Gasteiger partial charge on any atom is -0.479 e. The van der Waals surface area contributed by atoms with Gasteiger partial charge in [-0.2, -0.15) is 4.98 Å². The molecule has 0 radical (unpaired) electrons. The summed E-state index contributed by atoms with van der Waals surface area (Å²) in [4.78, 5) is 11.8. The van der Waals surface area contributed by atoms with Gasteiger partial charge in [0.25, 0.3) is 0 Å². The Morgan fingerprint density at radius 2 is 2.29 bits per heavy atom. The molecule has 0 saturated heterocycles. The van der Waals surface area contributed by atoms with Crippen LogP contribution in [-0.2, 0) is 0 Å². The molecule has 14 heavy (non-hydrogen) atoms. The van der Waals surface area contributed by atoms with Crippen molar-refractivity contribution >= 4 is 5.69 Å². The molecule has 0 aliphatic heterocycles. The van der Waals surface area contributed by atoms with Crippen molar-refractivity contribution in [1.82, 2.24) is 19.5 Å². The topological polar surface area (TPSA) is 78.9 Å². The number of nitrogens with zero attached hydrogens (tertiary/aromatic N) is 4. The highest BCUT2D eigenvalue weighted by molar-refractivity contribution is 5.59. The van der Waals surface area contributed by atoms with Crippen LogP contribution in [0.1, 0.15) is 0 Å². The van der Waals surface area contributed by atoms with Crippen molar-refractivity contribution in [3.63, 3.8) is 0 Å². The average molecular weight is 191 g/mol. The number of rotatable bonds is 2. The Labute approximate surface area is 80.4 Å². The largest absolute Gasteiger partial charge is 0.479 e. The zero-order chi connectivity index (χ0) is 9.97. The Morgan fingerprint density at radius 3 is 2.93 bits per heavy atom. The average Bonchev–Trinajstić information content (AvgIpc) is 2.71. The van der Waals surface area contributed by atoms with Gasteiger partial charge in [-0.05, 0) is 0 Å². The van der Waals surface area contributed by atoms with Gasteiger partial charge < -0.3 is 10.5 Å². The van der Waals surface area contributed by atoms with Crippen molar-refractivity contribution in [2.45, 2.75) is 0 Å². The molecule has 0 spiro atoms. The van der Waals surface area contributed by atoms with Gasteiger partial charge in [-0.1, -0.05) is 0 Å². The van der Waals surface area contributed by atoms with Crippen LogP contribution in [0.2, 0.25) is 0 Å². The second-order valence-electron chi connectivity index (χ2n) is 2.59. The standard InChI is InChI=1S/C8H9N5O/c1-14-8-6(9)7(11-4-12-8)13-3-2-10-5-13/h2-5H,9H2,1H3. The summed E-state index contributed by atoms with van der Waals surface area (Å²) in [6.07, 6.45) is 6.40. The Balaban J connectivity index is 2.54. The van der Waals surface area contributed by atoms with Gasteiger partial charge in [0.1, 0.15) is 18.3 Å². The molecule has 0 fully saturated rings. The lowest BCUT2D eigenvalue weighted by molar-refractivity contribution is 0.399. The first-order valence-electron chi connectivity index (χ1n) is 3.95. The minimum absolute atomic E-state index is 0.365. The Kier molecular flexibility index (Phi) is 2.02. The summed E-state index contributed by atoms with van der Waals surface area (Å²) in [6, 6.07) is 0. The number of hydrogen-bond acceptors (Lipinski definition) is 5. The molecular formula is C8H9N5O. The lowest BCUT2D eigenvalue weighted by Gasteiger charge is -2.07. The molecule has 0 atom stereocenters. The second kappa shape index (κ2) is 3.33. The van der Waals surface area contributed by atoms with Crippen LogP contribution in [0, 0.1) is 0 Å². The van der Waals surface area contributed by atoms with Gasteiger partial charge in [0, 0.05) is 12.4 Å².